The summed E-state index contributed by atoms with van der Waals surface area (Å²) in [6.07, 6.45) is -0.218. The molecule has 0 aliphatic carbocycles. The fraction of sp³-hybridized carbons (Fsp3) is 0.462. The molecule has 1 amide bonds. The number of rotatable bonds is 5. The quantitative estimate of drug-likeness (QED) is 0.858. The maximum absolute atomic E-state index is 13.7. The van der Waals surface area contributed by atoms with Crippen molar-refractivity contribution in [3.05, 3.63) is 29.6 Å². The number of nitrogens with two attached hydrogens (primary N) is 1. The van der Waals surface area contributed by atoms with Crippen molar-refractivity contribution >= 4 is 5.91 Å². The first-order valence-electron chi connectivity index (χ1n) is 5.82. The van der Waals surface area contributed by atoms with Crippen LogP contribution in [0, 0.1) is 5.82 Å². The number of carbonyl (C=O) groups is 1. The van der Waals surface area contributed by atoms with Gasteiger partial charge in [-0.3, -0.25) is 4.79 Å². The molecule has 0 saturated heterocycles. The Labute approximate surface area is 107 Å². The van der Waals surface area contributed by atoms with Gasteiger partial charge in [-0.25, -0.2) is 4.39 Å². The molecule has 0 saturated carbocycles. The maximum atomic E-state index is 13.7. The molecule has 4 nitrogen and oxygen atoms in total. The largest absolute Gasteiger partial charge is 0.478 e. The van der Waals surface area contributed by atoms with Crippen LogP contribution in [0.25, 0.3) is 0 Å². The Kier molecular flexibility index (Phi) is 5.09. The zero-order valence-electron chi connectivity index (χ0n) is 10.9. The van der Waals surface area contributed by atoms with Gasteiger partial charge in [-0.1, -0.05) is 12.1 Å². The summed E-state index contributed by atoms with van der Waals surface area (Å²) in [6.45, 7) is 2.00. The average Bonchev–Trinajstić information content (AvgIpc) is 2.32. The molecule has 0 aliphatic rings. The minimum Gasteiger partial charge on any atom is -0.478 e. The van der Waals surface area contributed by atoms with E-state index in [4.69, 9.17) is 10.5 Å². The predicted octanol–water partition coefficient (Wildman–Crippen LogP) is 1.18. The topological polar surface area (TPSA) is 55.6 Å². The molecule has 0 aromatic heterocycles. The van der Waals surface area contributed by atoms with Crippen molar-refractivity contribution in [3.8, 4) is 5.75 Å². The number of ether oxygens (including phenoxy) is 1. The van der Waals surface area contributed by atoms with E-state index < -0.39 is 11.9 Å². The molecule has 1 unspecified atom stereocenters. The second-order valence-corrected chi connectivity index (χ2v) is 4.26. The van der Waals surface area contributed by atoms with Crippen LogP contribution in [0.3, 0.4) is 0 Å². The molecule has 0 bridgehead atoms. The van der Waals surface area contributed by atoms with Crippen LogP contribution in [0.15, 0.2) is 18.2 Å². The molecule has 100 valence electrons. The fourth-order valence-electron chi connectivity index (χ4n) is 1.63. The molecular weight excluding hydrogens is 235 g/mol. The minimum atomic E-state index is -0.728. The summed E-state index contributed by atoms with van der Waals surface area (Å²) in [5, 5.41) is 0. The molecule has 0 fully saturated rings. The minimum absolute atomic E-state index is 0.116. The van der Waals surface area contributed by atoms with Gasteiger partial charge in [-0.15, -0.1) is 0 Å². The average molecular weight is 254 g/mol. The number of carbonyl (C=O) groups excluding carboxylic acids is 1. The summed E-state index contributed by atoms with van der Waals surface area (Å²) < 4.78 is 19.1. The van der Waals surface area contributed by atoms with Crippen molar-refractivity contribution in [3.63, 3.8) is 0 Å². The summed E-state index contributed by atoms with van der Waals surface area (Å²) in [5.41, 5.74) is 6.14. The van der Waals surface area contributed by atoms with Gasteiger partial charge >= 0.3 is 0 Å². The van der Waals surface area contributed by atoms with E-state index in [0.717, 1.165) is 0 Å². The van der Waals surface area contributed by atoms with Crippen molar-refractivity contribution in [1.82, 2.24) is 4.90 Å². The maximum Gasteiger partial charge on any atom is 0.262 e. The number of hydrogen-bond donors (Lipinski definition) is 1. The molecule has 1 rings (SSSR count). The highest BCUT2D eigenvalue weighted by atomic mass is 19.1. The van der Waals surface area contributed by atoms with Gasteiger partial charge in [0.15, 0.2) is 17.7 Å². The van der Waals surface area contributed by atoms with Crippen LogP contribution in [0.4, 0.5) is 4.39 Å². The van der Waals surface area contributed by atoms with Crippen LogP contribution in [-0.4, -0.2) is 37.6 Å². The van der Waals surface area contributed by atoms with Crippen molar-refractivity contribution in [1.29, 1.82) is 0 Å². The van der Waals surface area contributed by atoms with E-state index in [-0.39, 0.29) is 11.7 Å². The fourth-order valence-corrected chi connectivity index (χ4v) is 1.63. The van der Waals surface area contributed by atoms with Gasteiger partial charge < -0.3 is 15.4 Å². The molecular formula is C13H19FN2O2. The molecule has 1 aromatic rings. The predicted molar refractivity (Wildman–Crippen MR) is 67.9 cm³/mol. The van der Waals surface area contributed by atoms with E-state index in [9.17, 15) is 9.18 Å². The molecule has 2 N–H and O–H groups in total. The Bertz CT molecular complexity index is 421. The highest BCUT2D eigenvalue weighted by molar-refractivity contribution is 5.80. The second-order valence-electron chi connectivity index (χ2n) is 4.26. The van der Waals surface area contributed by atoms with E-state index in [1.54, 1.807) is 33.2 Å². The van der Waals surface area contributed by atoms with Gasteiger partial charge in [0.1, 0.15) is 0 Å². The lowest BCUT2D eigenvalue weighted by molar-refractivity contribution is -0.135. The number of nitrogens with zero attached hydrogens (tertiary/aromatic N) is 1. The number of hydrogen-bond acceptors (Lipinski definition) is 3. The first-order chi connectivity index (χ1) is 8.47. The van der Waals surface area contributed by atoms with Crippen LogP contribution < -0.4 is 10.5 Å². The molecule has 0 radical (unpaired) electrons. The molecule has 18 heavy (non-hydrogen) atoms. The van der Waals surface area contributed by atoms with E-state index in [0.29, 0.717) is 18.5 Å². The van der Waals surface area contributed by atoms with Gasteiger partial charge in [0.25, 0.3) is 5.91 Å². The van der Waals surface area contributed by atoms with Crippen LogP contribution in [0.1, 0.15) is 12.5 Å². The van der Waals surface area contributed by atoms with Crippen LogP contribution in [-0.2, 0) is 11.2 Å². The summed E-state index contributed by atoms with van der Waals surface area (Å²) in [7, 11) is 3.26. The number of amides is 1. The zero-order chi connectivity index (χ0) is 13.7. The lowest BCUT2D eigenvalue weighted by Gasteiger charge is -2.20. The second kappa shape index (κ2) is 6.35. The van der Waals surface area contributed by atoms with E-state index in [1.165, 1.54) is 11.0 Å². The Balaban J connectivity index is 2.92. The SMILES string of the molecule is CC(Oc1c(F)cccc1CCN)C(=O)N(C)C. The van der Waals surface area contributed by atoms with Crippen LogP contribution in [0.5, 0.6) is 5.75 Å². The first kappa shape index (κ1) is 14.4. The first-order valence-corrected chi connectivity index (χ1v) is 5.82. The van der Waals surface area contributed by atoms with Crippen molar-refractivity contribution in [2.24, 2.45) is 5.73 Å². The molecule has 0 heterocycles. The normalized spacial score (nSPS) is 12.1. The zero-order valence-corrected chi connectivity index (χ0v) is 10.9. The molecule has 1 aromatic carbocycles. The van der Waals surface area contributed by atoms with Gasteiger partial charge in [0.05, 0.1) is 0 Å². The Hall–Kier alpha value is -1.62. The Morgan fingerprint density at radius 2 is 2.17 bits per heavy atom. The van der Waals surface area contributed by atoms with Gasteiger partial charge in [0, 0.05) is 14.1 Å². The van der Waals surface area contributed by atoms with Gasteiger partial charge in [-0.2, -0.15) is 0 Å². The smallest absolute Gasteiger partial charge is 0.262 e. The molecule has 0 spiro atoms. The van der Waals surface area contributed by atoms with Crippen LogP contribution >= 0.6 is 0 Å². The lowest BCUT2D eigenvalue weighted by atomic mass is 10.1. The summed E-state index contributed by atoms with van der Waals surface area (Å²) >= 11 is 0. The monoisotopic (exact) mass is 254 g/mol. The molecule has 1 atom stereocenters. The third-order valence-corrected chi connectivity index (χ3v) is 2.55. The van der Waals surface area contributed by atoms with Gasteiger partial charge in [-0.05, 0) is 31.5 Å². The van der Waals surface area contributed by atoms with Gasteiger partial charge in [0.2, 0.25) is 0 Å². The van der Waals surface area contributed by atoms with E-state index in [1.807, 2.05) is 0 Å². The third-order valence-electron chi connectivity index (χ3n) is 2.55. The highest BCUT2D eigenvalue weighted by Gasteiger charge is 2.19. The van der Waals surface area contributed by atoms with Crippen molar-refractivity contribution in [2.45, 2.75) is 19.4 Å². The summed E-state index contributed by atoms with van der Waals surface area (Å²) in [6, 6.07) is 4.66. The lowest BCUT2D eigenvalue weighted by Crippen LogP contribution is -2.35. The Morgan fingerprint density at radius 1 is 1.50 bits per heavy atom. The van der Waals surface area contributed by atoms with E-state index >= 15 is 0 Å². The third kappa shape index (κ3) is 3.43. The highest BCUT2D eigenvalue weighted by Crippen LogP contribution is 2.24. The number of likely N-dealkylation sites (N-methyl/N-ethyl adjacent to an activating group) is 1. The van der Waals surface area contributed by atoms with Crippen molar-refractivity contribution < 1.29 is 13.9 Å². The Morgan fingerprint density at radius 3 is 2.72 bits per heavy atom. The number of para-hydroxylation sites is 1. The summed E-state index contributed by atoms with van der Waals surface area (Å²) in [5.74, 6) is -0.568. The molecule has 0 aliphatic heterocycles. The number of halogens is 1. The number of benzene rings is 1. The standard InChI is InChI=1S/C13H19FN2O2/c1-9(13(17)16(2)3)18-12-10(7-8-15)5-4-6-11(12)14/h4-6,9H,7-8,15H2,1-3H3. The van der Waals surface area contributed by atoms with Crippen LogP contribution in [0.2, 0.25) is 0 Å². The molecule has 5 heteroatoms. The van der Waals surface area contributed by atoms with E-state index in [2.05, 4.69) is 0 Å². The van der Waals surface area contributed by atoms with Crippen molar-refractivity contribution in [2.75, 3.05) is 20.6 Å². The summed E-state index contributed by atoms with van der Waals surface area (Å²) in [4.78, 5) is 13.1.